The Morgan fingerprint density at radius 1 is 0.846 bits per heavy atom. The maximum atomic E-state index is 12.5. The molecule has 0 spiro atoms. The minimum atomic E-state index is -0.201. The number of rotatable bonds is 8. The molecule has 0 aliphatic rings. The molecule has 0 saturated heterocycles. The van der Waals surface area contributed by atoms with Crippen LogP contribution in [0.15, 0.2) is 135 Å². The van der Waals surface area contributed by atoms with Gasteiger partial charge in [-0.15, -0.1) is 10.2 Å². The summed E-state index contributed by atoms with van der Waals surface area (Å²) in [6.07, 6.45) is 1.72. The van der Waals surface area contributed by atoms with Gasteiger partial charge in [-0.05, 0) is 52.4 Å². The molecule has 190 valence electrons. The maximum absolute atomic E-state index is 12.5. The number of para-hydroxylation sites is 1. The predicted octanol–water partition coefficient (Wildman–Crippen LogP) is 6.52. The van der Waals surface area contributed by atoms with Crippen LogP contribution in [0.2, 0.25) is 0 Å². The van der Waals surface area contributed by atoms with Gasteiger partial charge < -0.3 is 4.42 Å². The van der Waals surface area contributed by atoms with Crippen molar-refractivity contribution in [2.45, 2.75) is 16.7 Å². The number of carbonyl (C=O) groups excluding carboxylic acids is 1. The minimum Gasteiger partial charge on any atom is -0.448 e. The SMILES string of the molecule is O=C(Cc1cccc2ccccc12)NN=Cc1ccc(Sc2nnc(-c3ccccc3)n2-c2ccccc2)o1. The van der Waals surface area contributed by atoms with Crippen LogP contribution in [0, 0.1) is 0 Å². The Hall–Kier alpha value is -4.95. The molecule has 8 heteroatoms. The fraction of sp³-hybridized carbons (Fsp3) is 0.0323. The largest absolute Gasteiger partial charge is 0.448 e. The van der Waals surface area contributed by atoms with E-state index in [4.69, 9.17) is 4.42 Å². The summed E-state index contributed by atoms with van der Waals surface area (Å²) in [5.41, 5.74) is 5.46. The molecule has 0 radical (unpaired) electrons. The summed E-state index contributed by atoms with van der Waals surface area (Å²) in [5.74, 6) is 1.05. The first-order chi connectivity index (χ1) is 19.2. The van der Waals surface area contributed by atoms with E-state index in [-0.39, 0.29) is 12.3 Å². The Balaban J connectivity index is 1.15. The highest BCUT2D eigenvalue weighted by atomic mass is 32.2. The second-order valence-corrected chi connectivity index (χ2v) is 9.68. The van der Waals surface area contributed by atoms with Crippen LogP contribution in [0.3, 0.4) is 0 Å². The quantitative estimate of drug-likeness (QED) is 0.179. The number of furan rings is 1. The average Bonchev–Trinajstić information content (AvgIpc) is 3.61. The molecule has 2 aromatic heterocycles. The van der Waals surface area contributed by atoms with E-state index in [1.54, 1.807) is 6.07 Å². The first-order valence-corrected chi connectivity index (χ1v) is 13.2. The van der Waals surface area contributed by atoms with E-state index < -0.39 is 0 Å². The van der Waals surface area contributed by atoms with Crippen LogP contribution in [0.4, 0.5) is 0 Å². The summed E-state index contributed by atoms with van der Waals surface area (Å²) in [6.45, 7) is 0. The summed E-state index contributed by atoms with van der Waals surface area (Å²) >= 11 is 1.36. The first-order valence-electron chi connectivity index (χ1n) is 12.4. The van der Waals surface area contributed by atoms with Crippen molar-refractivity contribution in [2.24, 2.45) is 5.10 Å². The monoisotopic (exact) mass is 529 g/mol. The maximum Gasteiger partial charge on any atom is 0.244 e. The highest BCUT2D eigenvalue weighted by Crippen LogP contribution is 2.33. The van der Waals surface area contributed by atoms with E-state index >= 15 is 0 Å². The second kappa shape index (κ2) is 11.2. The topological polar surface area (TPSA) is 85.3 Å². The van der Waals surface area contributed by atoms with Gasteiger partial charge in [-0.2, -0.15) is 5.10 Å². The molecule has 7 nitrogen and oxygen atoms in total. The molecule has 4 aromatic carbocycles. The molecule has 0 aliphatic heterocycles. The molecule has 0 aliphatic carbocycles. The number of benzene rings is 4. The van der Waals surface area contributed by atoms with Crippen LogP contribution >= 0.6 is 11.8 Å². The van der Waals surface area contributed by atoms with Gasteiger partial charge in [-0.25, -0.2) is 5.43 Å². The van der Waals surface area contributed by atoms with Gasteiger partial charge in [0, 0.05) is 11.3 Å². The van der Waals surface area contributed by atoms with Gasteiger partial charge in [0.25, 0.3) is 0 Å². The third-order valence-corrected chi connectivity index (χ3v) is 6.95. The molecule has 0 atom stereocenters. The van der Waals surface area contributed by atoms with E-state index in [2.05, 4.69) is 20.7 Å². The fourth-order valence-corrected chi connectivity index (χ4v) is 5.11. The molecule has 2 heterocycles. The molecule has 6 aromatic rings. The summed E-state index contributed by atoms with van der Waals surface area (Å²) in [6, 6.07) is 37.5. The highest BCUT2D eigenvalue weighted by Gasteiger charge is 2.18. The number of amides is 1. The lowest BCUT2D eigenvalue weighted by Crippen LogP contribution is -2.19. The molecule has 0 unspecified atom stereocenters. The standard InChI is InChI=1S/C31H23N5O2S/c37-28(20-24-14-9-13-22-10-7-8-17-27(22)24)33-32-21-26-18-19-29(38-26)39-31-35-34-30(23-11-3-1-4-12-23)36(31)25-15-5-2-6-16-25/h1-19,21H,20H2,(H,33,37). The Kier molecular flexibility index (Phi) is 7.01. The molecular weight excluding hydrogens is 506 g/mol. The van der Waals surface area contributed by atoms with Crippen LogP contribution in [0.5, 0.6) is 0 Å². The van der Waals surface area contributed by atoms with Crippen molar-refractivity contribution in [3.05, 3.63) is 127 Å². The Morgan fingerprint density at radius 2 is 1.59 bits per heavy atom. The van der Waals surface area contributed by atoms with Gasteiger partial charge in [0.05, 0.1) is 12.6 Å². The van der Waals surface area contributed by atoms with Gasteiger partial charge in [0.2, 0.25) is 11.1 Å². The zero-order valence-electron chi connectivity index (χ0n) is 20.8. The lowest BCUT2D eigenvalue weighted by atomic mass is 10.0. The molecule has 6 rings (SSSR count). The number of nitrogens with zero attached hydrogens (tertiary/aromatic N) is 4. The first kappa shape index (κ1) is 24.4. The van der Waals surface area contributed by atoms with Crippen LogP contribution in [0.25, 0.3) is 27.8 Å². The summed E-state index contributed by atoms with van der Waals surface area (Å²) in [7, 11) is 0. The van der Waals surface area contributed by atoms with Crippen LogP contribution in [-0.4, -0.2) is 26.9 Å². The van der Waals surface area contributed by atoms with Gasteiger partial charge in [0.1, 0.15) is 5.76 Å². The average molecular weight is 530 g/mol. The van der Waals surface area contributed by atoms with Crippen molar-refractivity contribution in [2.75, 3.05) is 0 Å². The van der Waals surface area contributed by atoms with Crippen molar-refractivity contribution in [1.82, 2.24) is 20.2 Å². The number of aromatic nitrogens is 3. The van der Waals surface area contributed by atoms with Crippen molar-refractivity contribution in [1.29, 1.82) is 0 Å². The Bertz CT molecular complexity index is 1760. The van der Waals surface area contributed by atoms with Crippen molar-refractivity contribution in [3.8, 4) is 17.1 Å². The molecule has 1 amide bonds. The summed E-state index contributed by atoms with van der Waals surface area (Å²) < 4.78 is 7.94. The second-order valence-electron chi connectivity index (χ2n) is 8.71. The summed E-state index contributed by atoms with van der Waals surface area (Å²) in [5, 5.41) is 16.5. The zero-order valence-corrected chi connectivity index (χ0v) is 21.6. The van der Waals surface area contributed by atoms with E-state index in [1.807, 2.05) is 114 Å². The van der Waals surface area contributed by atoms with Gasteiger partial charge in [-0.3, -0.25) is 9.36 Å². The Labute approximate surface area is 229 Å². The molecule has 0 saturated carbocycles. The predicted molar refractivity (Wildman–Crippen MR) is 153 cm³/mol. The molecule has 0 bridgehead atoms. The summed E-state index contributed by atoms with van der Waals surface area (Å²) in [4.78, 5) is 12.5. The lowest BCUT2D eigenvalue weighted by Gasteiger charge is -2.09. The number of carbonyl (C=O) groups is 1. The third kappa shape index (κ3) is 5.51. The van der Waals surface area contributed by atoms with Crippen LogP contribution in [0.1, 0.15) is 11.3 Å². The van der Waals surface area contributed by atoms with Gasteiger partial charge in [-0.1, -0.05) is 91.0 Å². The number of hydrogen-bond acceptors (Lipinski definition) is 6. The van der Waals surface area contributed by atoms with E-state index in [0.29, 0.717) is 16.0 Å². The minimum absolute atomic E-state index is 0.201. The van der Waals surface area contributed by atoms with Crippen LogP contribution < -0.4 is 5.43 Å². The third-order valence-electron chi connectivity index (χ3n) is 6.09. The fourth-order valence-electron chi connectivity index (χ4n) is 4.30. The number of hydrazone groups is 1. The smallest absolute Gasteiger partial charge is 0.244 e. The van der Waals surface area contributed by atoms with Gasteiger partial charge >= 0.3 is 0 Å². The van der Waals surface area contributed by atoms with Crippen molar-refractivity contribution < 1.29 is 9.21 Å². The van der Waals surface area contributed by atoms with E-state index in [9.17, 15) is 4.79 Å². The molecule has 1 N–H and O–H groups in total. The van der Waals surface area contributed by atoms with E-state index in [1.165, 1.54) is 18.0 Å². The van der Waals surface area contributed by atoms with Crippen molar-refractivity contribution >= 4 is 34.7 Å². The molecule has 0 fully saturated rings. The van der Waals surface area contributed by atoms with Gasteiger partial charge in [0.15, 0.2) is 10.9 Å². The number of fused-ring (bicyclic) bond motifs is 1. The van der Waals surface area contributed by atoms with Crippen LogP contribution in [-0.2, 0) is 11.2 Å². The normalized spacial score (nSPS) is 11.3. The molecular formula is C31H23N5O2S. The zero-order chi connectivity index (χ0) is 26.4. The highest BCUT2D eigenvalue weighted by molar-refractivity contribution is 7.99. The number of hydrogen-bond donors (Lipinski definition) is 1. The molecule has 39 heavy (non-hydrogen) atoms. The number of nitrogens with one attached hydrogen (secondary N) is 1. The Morgan fingerprint density at radius 3 is 2.44 bits per heavy atom. The van der Waals surface area contributed by atoms with Crippen molar-refractivity contribution in [3.63, 3.8) is 0 Å². The lowest BCUT2D eigenvalue weighted by molar-refractivity contribution is -0.120. The van der Waals surface area contributed by atoms with E-state index in [0.717, 1.165) is 33.4 Å².